The number of carbonyl (C=O) groups excluding carboxylic acids is 1. The molecule has 3 nitrogen and oxygen atoms in total. The Kier molecular flexibility index (Phi) is 12.2. The van der Waals surface area contributed by atoms with Crippen LogP contribution in [-0.4, -0.2) is 25.3 Å². The molecule has 0 N–H and O–H groups in total. The van der Waals surface area contributed by atoms with Crippen molar-refractivity contribution in [2.24, 2.45) is 0 Å². The van der Waals surface area contributed by atoms with Gasteiger partial charge >= 0.3 is 5.97 Å². The highest BCUT2D eigenvalue weighted by Gasteiger charge is 2.36. The van der Waals surface area contributed by atoms with Crippen LogP contribution < -0.4 is 0 Å². The van der Waals surface area contributed by atoms with Gasteiger partial charge < -0.3 is 9.47 Å². The highest BCUT2D eigenvalue weighted by Crippen LogP contribution is 2.26. The van der Waals surface area contributed by atoms with Crippen molar-refractivity contribution < 1.29 is 14.3 Å². The molecule has 0 amide bonds. The number of carbonyl (C=O) groups is 1. The number of rotatable bonds is 13. The largest absolute Gasteiger partial charge is 0.469 e. The van der Waals surface area contributed by atoms with Gasteiger partial charge in [0.2, 0.25) is 0 Å². The first-order valence-corrected chi connectivity index (χ1v) is 9.66. The maximum Gasteiger partial charge on any atom is 0.305 e. The van der Waals surface area contributed by atoms with Crippen molar-refractivity contribution in [3.05, 3.63) is 12.2 Å². The number of esters is 1. The molecule has 0 aromatic carbocycles. The lowest BCUT2D eigenvalue weighted by molar-refractivity contribution is -0.140. The Labute approximate surface area is 148 Å². The SMILES string of the molecule is CCCCCCCCCC/C=C/C#C[C@H]1O[C@@H]1CCCC(=O)OC. The maximum absolute atomic E-state index is 11.0. The molecule has 1 aliphatic heterocycles. The molecule has 0 radical (unpaired) electrons. The molecule has 0 aliphatic carbocycles. The molecule has 0 saturated carbocycles. The standard InChI is InChI=1S/C21H34O3/c1-3-4-5-6-7-8-9-10-11-12-13-14-16-19-20(24-19)17-15-18-21(22)23-2/h12-13,19-20H,3-11,15,17-18H2,1-2H3/b13-12+/t19-,20-/m1/s1. The summed E-state index contributed by atoms with van der Waals surface area (Å²) in [5.74, 6) is 6.03. The lowest BCUT2D eigenvalue weighted by atomic mass is 10.1. The van der Waals surface area contributed by atoms with Crippen molar-refractivity contribution in [1.29, 1.82) is 0 Å². The highest BCUT2D eigenvalue weighted by atomic mass is 16.6. The monoisotopic (exact) mass is 334 g/mol. The van der Waals surface area contributed by atoms with Crippen LogP contribution in [0.3, 0.4) is 0 Å². The van der Waals surface area contributed by atoms with E-state index in [0.717, 1.165) is 19.3 Å². The van der Waals surface area contributed by atoms with E-state index in [0.29, 0.717) is 6.42 Å². The molecule has 1 aliphatic rings. The van der Waals surface area contributed by atoms with E-state index >= 15 is 0 Å². The molecule has 1 rings (SSSR count). The molecular formula is C21H34O3. The van der Waals surface area contributed by atoms with Gasteiger partial charge in [0.15, 0.2) is 0 Å². The van der Waals surface area contributed by atoms with Gasteiger partial charge in [-0.25, -0.2) is 0 Å². The van der Waals surface area contributed by atoms with Gasteiger partial charge in [0, 0.05) is 6.42 Å². The number of allylic oxidation sites excluding steroid dienone is 2. The number of hydrogen-bond acceptors (Lipinski definition) is 3. The van der Waals surface area contributed by atoms with Gasteiger partial charge in [-0.05, 0) is 31.8 Å². The molecular weight excluding hydrogens is 300 g/mol. The average Bonchev–Trinajstić information content (AvgIpc) is 3.34. The number of hydrogen-bond donors (Lipinski definition) is 0. The topological polar surface area (TPSA) is 38.8 Å². The zero-order chi connectivity index (χ0) is 17.5. The molecule has 0 aromatic heterocycles. The molecule has 1 fully saturated rings. The van der Waals surface area contributed by atoms with Gasteiger partial charge in [0.1, 0.15) is 6.10 Å². The molecule has 1 heterocycles. The second-order valence-electron chi connectivity index (χ2n) is 6.52. The molecule has 1 saturated heterocycles. The van der Waals surface area contributed by atoms with Crippen LogP contribution in [-0.2, 0) is 14.3 Å². The van der Waals surface area contributed by atoms with Crippen LogP contribution in [0.5, 0.6) is 0 Å². The van der Waals surface area contributed by atoms with Gasteiger partial charge in [0.25, 0.3) is 0 Å². The fourth-order valence-corrected chi connectivity index (χ4v) is 2.71. The second kappa shape index (κ2) is 14.1. The van der Waals surface area contributed by atoms with Gasteiger partial charge in [-0.2, -0.15) is 0 Å². The normalized spacial score (nSPS) is 19.1. The fraction of sp³-hybridized carbons (Fsp3) is 0.762. The quantitative estimate of drug-likeness (QED) is 0.201. The predicted octanol–water partition coefficient (Wildman–Crippen LogP) is 5.19. The van der Waals surface area contributed by atoms with E-state index in [1.807, 2.05) is 6.08 Å². The summed E-state index contributed by atoms with van der Waals surface area (Å²) in [5, 5.41) is 0. The molecule has 0 bridgehead atoms. The number of epoxide rings is 1. The van der Waals surface area contributed by atoms with Crippen molar-refractivity contribution in [1.82, 2.24) is 0 Å². The molecule has 0 unspecified atom stereocenters. The van der Waals surface area contributed by atoms with E-state index in [1.165, 1.54) is 58.5 Å². The summed E-state index contributed by atoms with van der Waals surface area (Å²) < 4.78 is 10.1. The van der Waals surface area contributed by atoms with E-state index < -0.39 is 0 Å². The van der Waals surface area contributed by atoms with Crippen LogP contribution in [0.25, 0.3) is 0 Å². The van der Waals surface area contributed by atoms with Crippen LogP contribution in [0.1, 0.15) is 84.0 Å². The van der Waals surface area contributed by atoms with Crippen LogP contribution in [0.4, 0.5) is 0 Å². The third kappa shape index (κ3) is 11.3. The van der Waals surface area contributed by atoms with Crippen LogP contribution in [0.2, 0.25) is 0 Å². The minimum absolute atomic E-state index is 0.0652. The van der Waals surface area contributed by atoms with E-state index in [4.69, 9.17) is 4.74 Å². The summed E-state index contributed by atoms with van der Waals surface area (Å²) in [7, 11) is 1.42. The van der Waals surface area contributed by atoms with Crippen LogP contribution in [0.15, 0.2) is 12.2 Å². The lowest BCUT2D eigenvalue weighted by Gasteiger charge is -1.99. The molecule has 3 heteroatoms. The van der Waals surface area contributed by atoms with Crippen LogP contribution >= 0.6 is 0 Å². The van der Waals surface area contributed by atoms with Gasteiger partial charge in [-0.1, -0.05) is 69.8 Å². The zero-order valence-electron chi connectivity index (χ0n) is 15.5. The first-order valence-electron chi connectivity index (χ1n) is 9.66. The van der Waals surface area contributed by atoms with Crippen molar-refractivity contribution in [3.63, 3.8) is 0 Å². The van der Waals surface area contributed by atoms with Crippen LogP contribution in [0, 0.1) is 11.8 Å². The maximum atomic E-state index is 11.0. The Bertz CT molecular complexity index is 417. The number of unbranched alkanes of at least 4 members (excludes halogenated alkanes) is 8. The molecule has 0 aromatic rings. The molecule has 2 atom stereocenters. The first-order chi connectivity index (χ1) is 11.8. The third-order valence-corrected chi connectivity index (χ3v) is 4.33. The summed E-state index contributed by atoms with van der Waals surface area (Å²) in [6, 6.07) is 0. The summed E-state index contributed by atoms with van der Waals surface area (Å²) in [6.45, 7) is 2.26. The van der Waals surface area contributed by atoms with E-state index in [-0.39, 0.29) is 18.2 Å². The Hall–Kier alpha value is -1.27. The molecule has 24 heavy (non-hydrogen) atoms. The van der Waals surface area contributed by atoms with E-state index in [1.54, 1.807) is 0 Å². The second-order valence-corrected chi connectivity index (χ2v) is 6.52. The Balaban J connectivity index is 1.90. The Morgan fingerprint density at radius 3 is 2.50 bits per heavy atom. The van der Waals surface area contributed by atoms with Crippen molar-refractivity contribution >= 4 is 5.97 Å². The summed E-state index contributed by atoms with van der Waals surface area (Å²) >= 11 is 0. The minimum Gasteiger partial charge on any atom is -0.469 e. The zero-order valence-corrected chi connectivity index (χ0v) is 15.5. The van der Waals surface area contributed by atoms with E-state index in [9.17, 15) is 4.79 Å². The van der Waals surface area contributed by atoms with Crippen molar-refractivity contribution in [2.75, 3.05) is 7.11 Å². The van der Waals surface area contributed by atoms with Gasteiger partial charge in [-0.3, -0.25) is 4.79 Å². The van der Waals surface area contributed by atoms with Gasteiger partial charge in [0.05, 0.1) is 13.2 Å². The number of ether oxygens (including phenoxy) is 2. The lowest BCUT2D eigenvalue weighted by Crippen LogP contribution is -2.01. The van der Waals surface area contributed by atoms with Crippen molar-refractivity contribution in [2.45, 2.75) is 96.2 Å². The first kappa shape index (κ1) is 20.8. The highest BCUT2D eigenvalue weighted by molar-refractivity contribution is 5.69. The average molecular weight is 335 g/mol. The molecule has 136 valence electrons. The van der Waals surface area contributed by atoms with Crippen molar-refractivity contribution in [3.8, 4) is 11.8 Å². The summed E-state index contributed by atoms with van der Waals surface area (Å²) in [4.78, 5) is 11.0. The number of methoxy groups -OCH3 is 1. The smallest absolute Gasteiger partial charge is 0.305 e. The van der Waals surface area contributed by atoms with E-state index in [2.05, 4.69) is 29.6 Å². The Morgan fingerprint density at radius 2 is 1.79 bits per heavy atom. The third-order valence-electron chi connectivity index (χ3n) is 4.33. The summed E-state index contributed by atoms with van der Waals surface area (Å²) in [5.41, 5.74) is 0. The molecule has 0 spiro atoms. The minimum atomic E-state index is -0.151. The Morgan fingerprint density at radius 1 is 1.08 bits per heavy atom. The predicted molar refractivity (Wildman–Crippen MR) is 98.7 cm³/mol. The summed E-state index contributed by atoms with van der Waals surface area (Å²) in [6.07, 6.45) is 18.5. The van der Waals surface area contributed by atoms with Gasteiger partial charge in [-0.15, -0.1) is 0 Å². The fourth-order valence-electron chi connectivity index (χ4n) is 2.71.